The number of anilines is 1. The quantitative estimate of drug-likeness (QED) is 0.566. The summed E-state index contributed by atoms with van der Waals surface area (Å²) in [5.41, 5.74) is 3.97. The number of halogens is 1. The summed E-state index contributed by atoms with van der Waals surface area (Å²) >= 11 is 6.14. The van der Waals surface area contributed by atoms with Crippen LogP contribution in [0.25, 0.3) is 16.8 Å². The number of nitrogens with one attached hydrogen (secondary N) is 1. The van der Waals surface area contributed by atoms with Crippen molar-refractivity contribution < 1.29 is 9.90 Å². The molecule has 0 aliphatic carbocycles. The van der Waals surface area contributed by atoms with E-state index in [4.69, 9.17) is 11.6 Å². The van der Waals surface area contributed by atoms with Gasteiger partial charge >= 0.3 is 0 Å². The van der Waals surface area contributed by atoms with Gasteiger partial charge in [0.15, 0.2) is 5.65 Å². The highest BCUT2D eigenvalue weighted by molar-refractivity contribution is 6.31. The number of fused-ring (bicyclic) bond motifs is 1. The molecule has 4 aromatic rings. The first-order valence-electron chi connectivity index (χ1n) is 8.25. The summed E-state index contributed by atoms with van der Waals surface area (Å²) < 4.78 is 1.54. The van der Waals surface area contributed by atoms with Gasteiger partial charge in [0, 0.05) is 23.0 Å². The molecule has 2 heterocycles. The fourth-order valence-corrected chi connectivity index (χ4v) is 3.01. The Kier molecular flexibility index (Phi) is 4.58. The molecular formula is C20H15ClN4O2. The van der Waals surface area contributed by atoms with E-state index in [1.54, 1.807) is 35.1 Å². The van der Waals surface area contributed by atoms with Gasteiger partial charge in [-0.15, -0.1) is 0 Å². The van der Waals surface area contributed by atoms with E-state index < -0.39 is 0 Å². The minimum Gasteiger partial charge on any atom is -0.392 e. The normalized spacial score (nSPS) is 10.9. The van der Waals surface area contributed by atoms with Crippen molar-refractivity contribution in [2.24, 2.45) is 0 Å². The lowest BCUT2D eigenvalue weighted by Gasteiger charge is -2.12. The lowest BCUT2D eigenvalue weighted by atomic mass is 10.0. The number of hydrogen-bond donors (Lipinski definition) is 2. The van der Waals surface area contributed by atoms with E-state index in [1.807, 2.05) is 30.3 Å². The summed E-state index contributed by atoms with van der Waals surface area (Å²) in [6.45, 7) is -0.0216. The van der Waals surface area contributed by atoms with Gasteiger partial charge in [0.05, 0.1) is 18.5 Å². The molecule has 0 radical (unpaired) electrons. The van der Waals surface area contributed by atoms with Crippen LogP contribution in [0.15, 0.2) is 67.1 Å². The lowest BCUT2D eigenvalue weighted by Crippen LogP contribution is -2.13. The van der Waals surface area contributed by atoms with Gasteiger partial charge in [0.25, 0.3) is 5.91 Å². The third-order valence-electron chi connectivity index (χ3n) is 4.20. The third-order valence-corrected chi connectivity index (χ3v) is 4.44. The van der Waals surface area contributed by atoms with Crippen molar-refractivity contribution in [3.05, 3.63) is 83.3 Å². The van der Waals surface area contributed by atoms with Crippen LogP contribution in [0.1, 0.15) is 15.9 Å². The van der Waals surface area contributed by atoms with Crippen molar-refractivity contribution in [2.45, 2.75) is 6.61 Å². The van der Waals surface area contributed by atoms with Gasteiger partial charge in [-0.1, -0.05) is 41.9 Å². The second-order valence-electron chi connectivity index (χ2n) is 5.95. The van der Waals surface area contributed by atoms with Crippen LogP contribution in [-0.4, -0.2) is 25.6 Å². The van der Waals surface area contributed by atoms with Gasteiger partial charge in [0.2, 0.25) is 0 Å². The van der Waals surface area contributed by atoms with Crippen LogP contribution < -0.4 is 5.32 Å². The molecule has 0 aliphatic rings. The molecule has 0 saturated heterocycles. The van der Waals surface area contributed by atoms with Crippen molar-refractivity contribution in [1.82, 2.24) is 14.6 Å². The summed E-state index contributed by atoms with van der Waals surface area (Å²) in [4.78, 5) is 17.0. The Balaban J connectivity index is 1.70. The molecule has 0 spiro atoms. The number of aliphatic hydroxyl groups is 1. The number of carbonyl (C=O) groups is 1. The fraction of sp³-hybridized carbons (Fsp3) is 0.0500. The highest BCUT2D eigenvalue weighted by Crippen LogP contribution is 2.31. The minimum absolute atomic E-state index is 0.0216. The van der Waals surface area contributed by atoms with E-state index in [0.717, 1.165) is 16.7 Å². The molecule has 1 amide bonds. The molecule has 7 heteroatoms. The zero-order valence-electron chi connectivity index (χ0n) is 14.1. The molecule has 2 aromatic heterocycles. The van der Waals surface area contributed by atoms with Gasteiger partial charge < -0.3 is 10.4 Å². The molecule has 0 saturated carbocycles. The molecule has 0 fully saturated rings. The number of carbonyl (C=O) groups excluding carboxylic acids is 1. The third kappa shape index (κ3) is 3.40. The number of aliphatic hydroxyl groups excluding tert-OH is 1. The Labute approximate surface area is 160 Å². The van der Waals surface area contributed by atoms with Crippen molar-refractivity contribution in [2.75, 3.05) is 5.32 Å². The van der Waals surface area contributed by atoms with E-state index >= 15 is 0 Å². The molecule has 27 heavy (non-hydrogen) atoms. The van der Waals surface area contributed by atoms with E-state index in [2.05, 4.69) is 15.4 Å². The van der Waals surface area contributed by atoms with Gasteiger partial charge in [-0.3, -0.25) is 4.79 Å². The molecule has 0 atom stereocenters. The molecule has 134 valence electrons. The summed E-state index contributed by atoms with van der Waals surface area (Å²) in [7, 11) is 0. The standard InChI is InChI=1S/C20H15ClN4O2/c21-15-6-7-16(14-4-2-13(12-26)3-5-14)18(10-15)24-20(27)17-11-23-25-9-1-8-22-19(17)25/h1-11,26H,12H2,(H,24,27). The maximum atomic E-state index is 12.8. The Morgan fingerprint density at radius 2 is 2.00 bits per heavy atom. The fourth-order valence-electron chi connectivity index (χ4n) is 2.84. The Hall–Kier alpha value is -3.22. The first-order valence-corrected chi connectivity index (χ1v) is 8.63. The van der Waals surface area contributed by atoms with Crippen LogP contribution >= 0.6 is 11.6 Å². The van der Waals surface area contributed by atoms with Gasteiger partial charge in [-0.2, -0.15) is 5.10 Å². The minimum atomic E-state index is -0.320. The van der Waals surface area contributed by atoms with Crippen molar-refractivity contribution >= 4 is 28.8 Å². The molecule has 0 unspecified atom stereocenters. The van der Waals surface area contributed by atoms with Gasteiger partial charge in [-0.25, -0.2) is 9.50 Å². The predicted molar refractivity (Wildman–Crippen MR) is 104 cm³/mol. The Morgan fingerprint density at radius 3 is 2.78 bits per heavy atom. The molecule has 4 rings (SSSR count). The first-order chi connectivity index (χ1) is 13.2. The van der Waals surface area contributed by atoms with Crippen molar-refractivity contribution in [1.29, 1.82) is 0 Å². The van der Waals surface area contributed by atoms with E-state index in [1.165, 1.54) is 6.20 Å². The average molecular weight is 379 g/mol. The maximum Gasteiger partial charge on any atom is 0.261 e. The van der Waals surface area contributed by atoms with Gasteiger partial charge in [-0.05, 0) is 29.3 Å². The van der Waals surface area contributed by atoms with E-state index in [0.29, 0.717) is 21.9 Å². The lowest BCUT2D eigenvalue weighted by molar-refractivity contribution is 0.102. The zero-order valence-corrected chi connectivity index (χ0v) is 14.9. The second-order valence-corrected chi connectivity index (χ2v) is 6.38. The SMILES string of the molecule is O=C(Nc1cc(Cl)ccc1-c1ccc(CO)cc1)c1cnn2cccnc12. The molecule has 0 aliphatic heterocycles. The first kappa shape index (κ1) is 17.2. The average Bonchev–Trinajstić information content (AvgIpc) is 3.13. The number of nitrogens with zero attached hydrogens (tertiary/aromatic N) is 3. The van der Waals surface area contributed by atoms with Crippen molar-refractivity contribution in [3.8, 4) is 11.1 Å². The summed E-state index contributed by atoms with van der Waals surface area (Å²) in [5.74, 6) is -0.320. The van der Waals surface area contributed by atoms with Crippen LogP contribution in [0.3, 0.4) is 0 Å². The monoisotopic (exact) mass is 378 g/mol. The molecule has 6 nitrogen and oxygen atoms in total. The van der Waals surface area contributed by atoms with Crippen LogP contribution in [0.2, 0.25) is 5.02 Å². The topological polar surface area (TPSA) is 79.5 Å². The zero-order chi connectivity index (χ0) is 18.8. The second kappa shape index (κ2) is 7.19. The Bertz CT molecular complexity index is 1120. The van der Waals surface area contributed by atoms with Crippen LogP contribution in [0, 0.1) is 0 Å². The number of rotatable bonds is 4. The number of benzene rings is 2. The molecule has 0 bridgehead atoms. The molecule has 2 aromatic carbocycles. The van der Waals surface area contributed by atoms with Gasteiger partial charge in [0.1, 0.15) is 5.56 Å². The van der Waals surface area contributed by atoms with E-state index in [9.17, 15) is 9.90 Å². The van der Waals surface area contributed by atoms with Crippen molar-refractivity contribution in [3.63, 3.8) is 0 Å². The highest BCUT2D eigenvalue weighted by Gasteiger charge is 2.16. The Morgan fingerprint density at radius 1 is 1.19 bits per heavy atom. The molecule has 2 N–H and O–H groups in total. The summed E-state index contributed by atoms with van der Waals surface area (Å²) in [6.07, 6.45) is 4.83. The van der Waals surface area contributed by atoms with E-state index in [-0.39, 0.29) is 12.5 Å². The molecular weight excluding hydrogens is 364 g/mol. The highest BCUT2D eigenvalue weighted by atomic mass is 35.5. The predicted octanol–water partition coefficient (Wildman–Crippen LogP) is 3.79. The van der Waals surface area contributed by atoms with Crippen LogP contribution in [0.4, 0.5) is 5.69 Å². The van der Waals surface area contributed by atoms with Crippen LogP contribution in [-0.2, 0) is 6.61 Å². The van der Waals surface area contributed by atoms with Crippen LogP contribution in [0.5, 0.6) is 0 Å². The number of aromatic nitrogens is 3. The number of amides is 1. The smallest absolute Gasteiger partial charge is 0.261 e. The summed E-state index contributed by atoms with van der Waals surface area (Å²) in [6, 6.07) is 14.5. The maximum absolute atomic E-state index is 12.8. The summed E-state index contributed by atoms with van der Waals surface area (Å²) in [5, 5.41) is 16.8. The largest absolute Gasteiger partial charge is 0.392 e. The number of hydrogen-bond acceptors (Lipinski definition) is 4.